The molecule has 0 heterocycles. The summed E-state index contributed by atoms with van der Waals surface area (Å²) in [7, 11) is -4.53. The normalized spacial score (nSPS) is 14.7. The highest BCUT2D eigenvalue weighted by Gasteiger charge is 2.26. The number of carbonyl (C=O) groups excluding carboxylic acids is 1. The molecule has 0 amide bonds. The predicted molar refractivity (Wildman–Crippen MR) is 233 cm³/mol. The van der Waals surface area contributed by atoms with Crippen LogP contribution >= 0.6 is 7.82 Å². The number of ether oxygens (including phenoxy) is 2. The summed E-state index contributed by atoms with van der Waals surface area (Å²) in [6.45, 7) is 3.34. The number of aliphatic hydroxyl groups is 2. The highest BCUT2D eigenvalue weighted by atomic mass is 31.2. The lowest BCUT2D eigenvalue weighted by atomic mass is 10.1. The zero-order valence-electron chi connectivity index (χ0n) is 35.3. The van der Waals surface area contributed by atoms with Gasteiger partial charge < -0.3 is 24.6 Å². The van der Waals surface area contributed by atoms with E-state index >= 15 is 0 Å². The van der Waals surface area contributed by atoms with Crippen molar-refractivity contribution < 1.29 is 43.0 Å². The molecule has 0 spiro atoms. The molecule has 3 unspecified atom stereocenters. The second kappa shape index (κ2) is 42.5. The van der Waals surface area contributed by atoms with Crippen LogP contribution in [0.4, 0.5) is 0 Å². The molecule has 9 nitrogen and oxygen atoms in total. The van der Waals surface area contributed by atoms with Crippen molar-refractivity contribution in [3.05, 3.63) is 72.9 Å². The molecule has 0 aromatic carbocycles. The molecular weight excluding hydrogens is 727 g/mol. The second-order valence-corrected chi connectivity index (χ2v) is 15.8. The minimum atomic E-state index is -4.53. The molecule has 3 atom stereocenters. The fraction of sp³-hybridized carbons (Fsp3) is 0.717. The van der Waals surface area contributed by atoms with Crippen molar-refractivity contribution in [2.45, 2.75) is 180 Å². The Kier molecular flexibility index (Phi) is 40.9. The summed E-state index contributed by atoms with van der Waals surface area (Å²) in [5.41, 5.74) is 0. The summed E-state index contributed by atoms with van der Waals surface area (Å²) < 4.78 is 33.3. The average Bonchev–Trinajstić information content (AvgIpc) is 3.19. The standard InChI is InChI=1S/C46H81O9P/c1-3-5-7-9-11-13-15-17-19-20-21-22-23-24-25-26-28-30-32-34-36-38-46(49)55-45(43-54-56(50,51)53-41-44(48)40-47)42-52-39-37-35-33-31-29-27-18-16-14-12-10-8-6-4-2/h5,7,11,13-14,16-17,19,21-22,24-25,44-45,47-48H,3-4,6,8-10,12,15,18,20,23,26-43H2,1-2H3,(H,50,51)/b7-5-,13-11-,16-14-,19-17-,22-21-,25-24-. The molecule has 0 fully saturated rings. The van der Waals surface area contributed by atoms with Crippen LogP contribution in [0.5, 0.6) is 0 Å². The zero-order valence-corrected chi connectivity index (χ0v) is 36.2. The Morgan fingerprint density at radius 1 is 0.571 bits per heavy atom. The van der Waals surface area contributed by atoms with Crippen molar-refractivity contribution in [2.75, 3.05) is 33.0 Å². The van der Waals surface area contributed by atoms with Gasteiger partial charge in [0.15, 0.2) is 0 Å². The van der Waals surface area contributed by atoms with E-state index in [1.165, 1.54) is 51.4 Å². The first-order valence-electron chi connectivity index (χ1n) is 21.9. The van der Waals surface area contributed by atoms with Crippen LogP contribution in [0.3, 0.4) is 0 Å². The largest absolute Gasteiger partial charge is 0.472 e. The van der Waals surface area contributed by atoms with E-state index < -0.39 is 45.8 Å². The maximum Gasteiger partial charge on any atom is 0.472 e. The summed E-state index contributed by atoms with van der Waals surface area (Å²) in [5.74, 6) is -0.406. The third-order valence-electron chi connectivity index (χ3n) is 8.88. The van der Waals surface area contributed by atoms with E-state index in [2.05, 4.69) is 86.8 Å². The molecule has 0 aliphatic carbocycles. The van der Waals surface area contributed by atoms with E-state index in [-0.39, 0.29) is 13.0 Å². The fourth-order valence-electron chi connectivity index (χ4n) is 5.55. The van der Waals surface area contributed by atoms with E-state index in [0.29, 0.717) is 13.0 Å². The van der Waals surface area contributed by atoms with Crippen LogP contribution in [0.2, 0.25) is 0 Å². The molecule has 0 bridgehead atoms. The van der Waals surface area contributed by atoms with Crippen molar-refractivity contribution in [2.24, 2.45) is 0 Å². The smallest absolute Gasteiger partial charge is 0.457 e. The molecule has 0 rings (SSSR count). The minimum absolute atomic E-state index is 0.0333. The minimum Gasteiger partial charge on any atom is -0.457 e. The first-order chi connectivity index (χ1) is 27.3. The van der Waals surface area contributed by atoms with Crippen LogP contribution in [-0.2, 0) is 27.9 Å². The van der Waals surface area contributed by atoms with E-state index in [0.717, 1.165) is 89.9 Å². The van der Waals surface area contributed by atoms with Gasteiger partial charge in [-0.15, -0.1) is 0 Å². The maximum absolute atomic E-state index is 12.6. The molecule has 0 aliphatic rings. The number of unbranched alkanes of at least 4 members (excludes halogenated alkanes) is 15. The molecule has 0 aliphatic heterocycles. The number of hydrogen-bond acceptors (Lipinski definition) is 8. The van der Waals surface area contributed by atoms with Crippen LogP contribution in [0, 0.1) is 0 Å². The molecular formula is C46H81O9P. The number of rotatable bonds is 41. The van der Waals surface area contributed by atoms with Gasteiger partial charge in [-0.05, 0) is 83.5 Å². The molecule has 56 heavy (non-hydrogen) atoms. The Labute approximate surface area is 342 Å². The monoisotopic (exact) mass is 809 g/mol. The Balaban J connectivity index is 4.23. The first-order valence-corrected chi connectivity index (χ1v) is 23.4. The molecule has 0 aromatic heterocycles. The number of esters is 1. The first kappa shape index (κ1) is 53.9. The second-order valence-electron chi connectivity index (χ2n) is 14.3. The highest BCUT2D eigenvalue weighted by molar-refractivity contribution is 7.47. The third kappa shape index (κ3) is 41.5. The number of aliphatic hydroxyl groups excluding tert-OH is 2. The Morgan fingerprint density at radius 2 is 1.02 bits per heavy atom. The average molecular weight is 809 g/mol. The number of carbonyl (C=O) groups is 1. The van der Waals surface area contributed by atoms with Gasteiger partial charge in [0, 0.05) is 13.0 Å². The van der Waals surface area contributed by atoms with E-state index in [9.17, 15) is 19.4 Å². The Hall–Kier alpha value is -2.10. The summed E-state index contributed by atoms with van der Waals surface area (Å²) >= 11 is 0. The van der Waals surface area contributed by atoms with Gasteiger partial charge in [0.25, 0.3) is 0 Å². The van der Waals surface area contributed by atoms with E-state index in [4.69, 9.17) is 23.6 Å². The number of allylic oxidation sites excluding steroid dienone is 12. The third-order valence-corrected chi connectivity index (χ3v) is 9.83. The topological polar surface area (TPSA) is 132 Å². The van der Waals surface area contributed by atoms with Crippen molar-refractivity contribution in [3.63, 3.8) is 0 Å². The van der Waals surface area contributed by atoms with Gasteiger partial charge in [0.1, 0.15) is 12.2 Å². The van der Waals surface area contributed by atoms with Crippen molar-refractivity contribution >= 4 is 13.8 Å². The lowest BCUT2D eigenvalue weighted by Crippen LogP contribution is -2.29. The van der Waals surface area contributed by atoms with Gasteiger partial charge in [0.2, 0.25) is 0 Å². The number of phosphoric acid groups is 1. The summed E-state index contributed by atoms with van der Waals surface area (Å²) in [5, 5.41) is 18.3. The van der Waals surface area contributed by atoms with Crippen LogP contribution in [0.25, 0.3) is 0 Å². The predicted octanol–water partition coefficient (Wildman–Crippen LogP) is 12.1. The summed E-state index contributed by atoms with van der Waals surface area (Å²) in [6.07, 6.45) is 50.0. The van der Waals surface area contributed by atoms with Crippen molar-refractivity contribution in [1.82, 2.24) is 0 Å². The molecule has 3 N–H and O–H groups in total. The fourth-order valence-corrected chi connectivity index (χ4v) is 6.34. The molecule has 324 valence electrons. The number of hydrogen-bond donors (Lipinski definition) is 3. The van der Waals surface area contributed by atoms with E-state index in [1.54, 1.807) is 0 Å². The van der Waals surface area contributed by atoms with Gasteiger partial charge in [0.05, 0.1) is 26.4 Å². The molecule has 0 aromatic rings. The van der Waals surface area contributed by atoms with Crippen molar-refractivity contribution in [1.29, 1.82) is 0 Å². The van der Waals surface area contributed by atoms with Crippen LogP contribution in [0.1, 0.15) is 168 Å². The SMILES string of the molecule is CC/C=C\C/C=C\C/C=C\C/C=C\C/C=C\CCCCCCCC(=O)OC(COCCCCCCCC/C=C\CCCCCC)COP(=O)(O)OCC(O)CO. The van der Waals surface area contributed by atoms with Crippen LogP contribution < -0.4 is 0 Å². The molecule has 0 radical (unpaired) electrons. The Bertz CT molecular complexity index is 1100. The number of phosphoric ester groups is 1. The zero-order chi connectivity index (χ0) is 41.1. The van der Waals surface area contributed by atoms with Crippen LogP contribution in [0.15, 0.2) is 72.9 Å². The van der Waals surface area contributed by atoms with Gasteiger partial charge >= 0.3 is 13.8 Å². The van der Waals surface area contributed by atoms with Gasteiger partial charge in [-0.3, -0.25) is 13.8 Å². The molecule has 0 saturated heterocycles. The van der Waals surface area contributed by atoms with Gasteiger partial charge in [-0.2, -0.15) is 0 Å². The highest BCUT2D eigenvalue weighted by Crippen LogP contribution is 2.43. The molecule has 0 saturated carbocycles. The van der Waals surface area contributed by atoms with Crippen LogP contribution in [-0.4, -0.2) is 66.3 Å². The quantitative estimate of drug-likeness (QED) is 0.0239. The van der Waals surface area contributed by atoms with Gasteiger partial charge in [-0.25, -0.2) is 4.57 Å². The van der Waals surface area contributed by atoms with Crippen molar-refractivity contribution in [3.8, 4) is 0 Å². The summed E-state index contributed by atoms with van der Waals surface area (Å²) in [4.78, 5) is 22.6. The lowest BCUT2D eigenvalue weighted by Gasteiger charge is -2.20. The maximum atomic E-state index is 12.6. The van der Waals surface area contributed by atoms with Gasteiger partial charge in [-0.1, -0.05) is 151 Å². The summed E-state index contributed by atoms with van der Waals surface area (Å²) in [6, 6.07) is 0. The lowest BCUT2D eigenvalue weighted by molar-refractivity contribution is -0.154. The van der Waals surface area contributed by atoms with E-state index in [1.807, 2.05) is 0 Å². The molecule has 10 heteroatoms. The Morgan fingerprint density at radius 3 is 1.55 bits per heavy atom.